The molecule has 1 aromatic rings. The molecule has 0 bridgehead atoms. The molecule has 7 heteroatoms. The van der Waals surface area contributed by atoms with Crippen molar-refractivity contribution in [2.45, 2.75) is 18.9 Å². The number of carbonyl (C=O) groups excluding carboxylic acids is 2. The summed E-state index contributed by atoms with van der Waals surface area (Å²) in [6.45, 7) is 1.43. The van der Waals surface area contributed by atoms with E-state index in [0.29, 0.717) is 25.4 Å². The SMILES string of the molecule is COCCCNC(=O)NC1CC(=O)N(c2cccc(F)c2)C1. The highest BCUT2D eigenvalue weighted by molar-refractivity contribution is 5.96. The summed E-state index contributed by atoms with van der Waals surface area (Å²) in [5.41, 5.74) is 0.509. The van der Waals surface area contributed by atoms with Crippen molar-refractivity contribution in [1.29, 1.82) is 0 Å². The third-order valence-electron chi connectivity index (χ3n) is 3.39. The minimum atomic E-state index is -0.391. The first-order valence-electron chi connectivity index (χ1n) is 7.19. The van der Waals surface area contributed by atoms with Gasteiger partial charge >= 0.3 is 6.03 Å². The molecular formula is C15H20FN3O3. The van der Waals surface area contributed by atoms with Gasteiger partial charge in [0.1, 0.15) is 5.82 Å². The van der Waals surface area contributed by atoms with Crippen LogP contribution in [-0.2, 0) is 9.53 Å². The third kappa shape index (κ3) is 4.42. The number of urea groups is 1. The van der Waals surface area contributed by atoms with Gasteiger partial charge in [-0.05, 0) is 24.6 Å². The normalized spacial score (nSPS) is 17.6. The number of halogens is 1. The fraction of sp³-hybridized carbons (Fsp3) is 0.467. The first-order valence-corrected chi connectivity index (χ1v) is 7.19. The molecule has 1 fully saturated rings. The van der Waals surface area contributed by atoms with Crippen LogP contribution in [-0.4, -0.2) is 44.8 Å². The van der Waals surface area contributed by atoms with E-state index in [-0.39, 0.29) is 24.4 Å². The number of anilines is 1. The van der Waals surface area contributed by atoms with Crippen molar-refractivity contribution in [2.24, 2.45) is 0 Å². The van der Waals surface area contributed by atoms with E-state index in [1.165, 1.54) is 17.0 Å². The van der Waals surface area contributed by atoms with Crippen molar-refractivity contribution in [2.75, 3.05) is 31.7 Å². The molecule has 0 aromatic heterocycles. The minimum absolute atomic E-state index is 0.129. The van der Waals surface area contributed by atoms with Gasteiger partial charge in [0.25, 0.3) is 0 Å². The average Bonchev–Trinajstić information content (AvgIpc) is 2.84. The van der Waals surface area contributed by atoms with Gasteiger partial charge < -0.3 is 20.3 Å². The van der Waals surface area contributed by atoms with Gasteiger partial charge in [-0.2, -0.15) is 0 Å². The Morgan fingerprint density at radius 3 is 3.05 bits per heavy atom. The molecule has 0 radical (unpaired) electrons. The quantitative estimate of drug-likeness (QED) is 0.777. The Hall–Kier alpha value is -2.15. The number of rotatable bonds is 6. The van der Waals surface area contributed by atoms with Crippen molar-refractivity contribution in [3.63, 3.8) is 0 Å². The molecule has 1 atom stereocenters. The van der Waals surface area contributed by atoms with E-state index in [1.807, 2.05) is 0 Å². The predicted molar refractivity (Wildman–Crippen MR) is 80.2 cm³/mol. The highest BCUT2D eigenvalue weighted by Crippen LogP contribution is 2.22. The zero-order valence-corrected chi connectivity index (χ0v) is 12.5. The van der Waals surface area contributed by atoms with E-state index >= 15 is 0 Å². The molecule has 1 unspecified atom stereocenters. The van der Waals surface area contributed by atoms with Crippen LogP contribution in [0.3, 0.4) is 0 Å². The van der Waals surface area contributed by atoms with Gasteiger partial charge in [0.15, 0.2) is 0 Å². The number of amides is 3. The lowest BCUT2D eigenvalue weighted by Gasteiger charge is -2.17. The first-order chi connectivity index (χ1) is 10.6. The minimum Gasteiger partial charge on any atom is -0.385 e. The zero-order valence-electron chi connectivity index (χ0n) is 12.5. The largest absolute Gasteiger partial charge is 0.385 e. The molecule has 120 valence electrons. The summed E-state index contributed by atoms with van der Waals surface area (Å²) < 4.78 is 18.1. The fourth-order valence-electron chi connectivity index (χ4n) is 2.35. The van der Waals surface area contributed by atoms with Gasteiger partial charge in [-0.3, -0.25) is 4.79 Å². The maximum Gasteiger partial charge on any atom is 0.315 e. The van der Waals surface area contributed by atoms with Crippen LogP contribution < -0.4 is 15.5 Å². The molecular weight excluding hydrogens is 289 g/mol. The Labute approximate surface area is 128 Å². The van der Waals surface area contributed by atoms with Crippen molar-refractivity contribution in [3.8, 4) is 0 Å². The molecule has 6 nitrogen and oxygen atoms in total. The van der Waals surface area contributed by atoms with Crippen molar-refractivity contribution < 1.29 is 18.7 Å². The summed E-state index contributed by atoms with van der Waals surface area (Å²) in [4.78, 5) is 25.2. The third-order valence-corrected chi connectivity index (χ3v) is 3.39. The molecule has 1 saturated heterocycles. The Bertz CT molecular complexity index is 539. The van der Waals surface area contributed by atoms with E-state index in [9.17, 15) is 14.0 Å². The summed E-state index contributed by atoms with van der Waals surface area (Å²) in [5, 5.41) is 5.46. The van der Waals surface area contributed by atoms with Crippen LogP contribution >= 0.6 is 0 Å². The molecule has 3 amide bonds. The Morgan fingerprint density at radius 2 is 2.32 bits per heavy atom. The maximum absolute atomic E-state index is 13.2. The van der Waals surface area contributed by atoms with Crippen LogP contribution in [0.25, 0.3) is 0 Å². The highest BCUT2D eigenvalue weighted by Gasteiger charge is 2.31. The van der Waals surface area contributed by atoms with Crippen LogP contribution in [0.15, 0.2) is 24.3 Å². The molecule has 0 saturated carbocycles. The predicted octanol–water partition coefficient (Wildman–Crippen LogP) is 1.27. The van der Waals surface area contributed by atoms with Gasteiger partial charge in [-0.1, -0.05) is 6.07 Å². The molecule has 22 heavy (non-hydrogen) atoms. The van der Waals surface area contributed by atoms with E-state index in [4.69, 9.17) is 4.74 Å². The molecule has 1 aromatic carbocycles. The number of benzene rings is 1. The second kappa shape index (κ2) is 7.74. The lowest BCUT2D eigenvalue weighted by atomic mass is 10.2. The van der Waals surface area contributed by atoms with Crippen LogP contribution in [0.4, 0.5) is 14.9 Å². The second-order valence-electron chi connectivity index (χ2n) is 5.13. The smallest absolute Gasteiger partial charge is 0.315 e. The molecule has 1 aliphatic heterocycles. The number of nitrogens with one attached hydrogen (secondary N) is 2. The lowest BCUT2D eigenvalue weighted by Crippen LogP contribution is -2.43. The standard InChI is InChI=1S/C15H20FN3O3/c1-22-7-3-6-17-15(21)18-12-9-14(20)19(10-12)13-5-2-4-11(16)8-13/h2,4-5,8,12H,3,6-7,9-10H2,1H3,(H2,17,18,21). The van der Waals surface area contributed by atoms with Gasteiger partial charge in [-0.15, -0.1) is 0 Å². The van der Waals surface area contributed by atoms with Gasteiger partial charge in [0, 0.05) is 38.9 Å². The van der Waals surface area contributed by atoms with Crippen molar-refractivity contribution in [3.05, 3.63) is 30.1 Å². The molecule has 2 N–H and O–H groups in total. The number of hydrogen-bond acceptors (Lipinski definition) is 3. The topological polar surface area (TPSA) is 70.7 Å². The van der Waals surface area contributed by atoms with Crippen molar-refractivity contribution in [1.82, 2.24) is 10.6 Å². The van der Waals surface area contributed by atoms with E-state index in [1.54, 1.807) is 19.2 Å². The summed E-state index contributed by atoms with van der Waals surface area (Å²) in [7, 11) is 1.60. The van der Waals surface area contributed by atoms with Gasteiger partial charge in [0.05, 0.1) is 6.04 Å². The van der Waals surface area contributed by atoms with E-state index in [2.05, 4.69) is 10.6 Å². The summed E-state index contributed by atoms with van der Waals surface area (Å²) in [5.74, 6) is -0.520. The molecule has 1 heterocycles. The van der Waals surface area contributed by atoms with Crippen LogP contribution in [0, 0.1) is 5.82 Å². The average molecular weight is 309 g/mol. The first kappa shape index (κ1) is 16.2. The number of nitrogens with zero attached hydrogens (tertiary/aromatic N) is 1. The molecule has 0 aliphatic carbocycles. The summed E-state index contributed by atoms with van der Waals surface area (Å²) in [6.07, 6.45) is 0.935. The number of methoxy groups -OCH3 is 1. The van der Waals surface area contributed by atoms with Crippen LogP contribution in [0.2, 0.25) is 0 Å². The number of hydrogen-bond donors (Lipinski definition) is 2. The summed E-state index contributed by atoms with van der Waals surface area (Å²) in [6, 6.07) is 5.28. The van der Waals surface area contributed by atoms with Gasteiger partial charge in [0.2, 0.25) is 5.91 Å². The van der Waals surface area contributed by atoms with E-state index < -0.39 is 5.82 Å². The van der Waals surface area contributed by atoms with E-state index in [0.717, 1.165) is 6.42 Å². The Morgan fingerprint density at radius 1 is 1.50 bits per heavy atom. The lowest BCUT2D eigenvalue weighted by molar-refractivity contribution is -0.117. The van der Waals surface area contributed by atoms with Gasteiger partial charge in [-0.25, -0.2) is 9.18 Å². The highest BCUT2D eigenvalue weighted by atomic mass is 19.1. The summed E-state index contributed by atoms with van der Waals surface area (Å²) >= 11 is 0. The fourth-order valence-corrected chi connectivity index (χ4v) is 2.35. The maximum atomic E-state index is 13.2. The number of carbonyl (C=O) groups is 2. The monoisotopic (exact) mass is 309 g/mol. The Kier molecular flexibility index (Phi) is 5.71. The van der Waals surface area contributed by atoms with Crippen molar-refractivity contribution >= 4 is 17.6 Å². The molecule has 1 aliphatic rings. The Balaban J connectivity index is 1.83. The zero-order chi connectivity index (χ0) is 15.9. The number of ether oxygens (including phenoxy) is 1. The van der Waals surface area contributed by atoms with Crippen LogP contribution in [0.5, 0.6) is 0 Å². The second-order valence-corrected chi connectivity index (χ2v) is 5.13. The molecule has 2 rings (SSSR count). The van der Waals surface area contributed by atoms with Crippen LogP contribution in [0.1, 0.15) is 12.8 Å². The molecule has 0 spiro atoms.